The van der Waals surface area contributed by atoms with E-state index in [2.05, 4.69) is 36.9 Å². The lowest BCUT2D eigenvalue weighted by atomic mass is 9.98. The number of fused-ring (bicyclic) bond motifs is 1. The molecule has 1 aromatic heterocycles. The second-order valence-electron chi connectivity index (χ2n) is 9.67. The largest absolute Gasteiger partial charge is 0.345 e. The van der Waals surface area contributed by atoms with Crippen LogP contribution in [0.3, 0.4) is 0 Å². The number of anilines is 1. The van der Waals surface area contributed by atoms with Crippen molar-refractivity contribution in [3.63, 3.8) is 0 Å². The number of benzene rings is 2. The third kappa shape index (κ3) is 4.81. The quantitative estimate of drug-likeness (QED) is 0.513. The maximum atomic E-state index is 13.3. The van der Waals surface area contributed by atoms with E-state index in [0.717, 1.165) is 30.2 Å². The van der Waals surface area contributed by atoms with Crippen LogP contribution in [0.5, 0.6) is 0 Å². The van der Waals surface area contributed by atoms with Crippen molar-refractivity contribution >= 4 is 42.6 Å². The van der Waals surface area contributed by atoms with Crippen molar-refractivity contribution < 1.29 is 13.2 Å². The van der Waals surface area contributed by atoms with Gasteiger partial charge < -0.3 is 9.80 Å². The van der Waals surface area contributed by atoms with Crippen molar-refractivity contribution in [1.29, 1.82) is 0 Å². The van der Waals surface area contributed by atoms with Crippen LogP contribution < -0.4 is 4.90 Å². The summed E-state index contributed by atoms with van der Waals surface area (Å²) in [5.74, 6) is 0.206. The van der Waals surface area contributed by atoms with E-state index in [0.29, 0.717) is 32.0 Å². The number of hydrogen-bond acceptors (Lipinski definition) is 6. The fraction of sp³-hybridized carbons (Fsp3) is 0.462. The number of hydrogen-bond donors (Lipinski definition) is 0. The molecule has 1 unspecified atom stereocenters. The van der Waals surface area contributed by atoms with Gasteiger partial charge in [0.25, 0.3) is 0 Å². The summed E-state index contributed by atoms with van der Waals surface area (Å²) in [7, 11) is -3.58. The van der Waals surface area contributed by atoms with Gasteiger partial charge >= 0.3 is 0 Å². The molecule has 0 spiro atoms. The molecule has 2 aliphatic rings. The second kappa shape index (κ2) is 9.87. The molecule has 1 amide bonds. The molecule has 3 heterocycles. The number of thiazole rings is 1. The first-order chi connectivity index (χ1) is 16.8. The summed E-state index contributed by atoms with van der Waals surface area (Å²) in [5, 5.41) is 1.01. The van der Waals surface area contributed by atoms with E-state index in [1.165, 1.54) is 14.6 Å². The number of sulfonamides is 1. The predicted molar refractivity (Wildman–Crippen MR) is 140 cm³/mol. The van der Waals surface area contributed by atoms with Gasteiger partial charge in [-0.3, -0.25) is 4.79 Å². The molecule has 9 heteroatoms. The maximum Gasteiger partial charge on any atom is 0.243 e. The average molecular weight is 513 g/mol. The van der Waals surface area contributed by atoms with E-state index in [-0.39, 0.29) is 23.3 Å². The molecule has 2 saturated heterocycles. The van der Waals surface area contributed by atoms with Crippen LogP contribution in [0.25, 0.3) is 10.2 Å². The Balaban J connectivity index is 1.23. The van der Waals surface area contributed by atoms with Crippen molar-refractivity contribution in [2.45, 2.75) is 37.5 Å². The van der Waals surface area contributed by atoms with E-state index in [1.807, 2.05) is 4.90 Å². The Morgan fingerprint density at radius 3 is 2.46 bits per heavy atom. The minimum atomic E-state index is -3.58. The molecule has 0 bridgehead atoms. The lowest BCUT2D eigenvalue weighted by molar-refractivity contribution is -0.137. The number of aromatic nitrogens is 1. The lowest BCUT2D eigenvalue weighted by Crippen LogP contribution is -2.53. The molecule has 2 fully saturated rings. The molecule has 7 nitrogen and oxygen atoms in total. The fourth-order valence-electron chi connectivity index (χ4n) is 5.04. The monoisotopic (exact) mass is 512 g/mol. The van der Waals surface area contributed by atoms with Crippen molar-refractivity contribution in [3.05, 3.63) is 54.1 Å². The van der Waals surface area contributed by atoms with Crippen molar-refractivity contribution in [2.75, 3.05) is 44.2 Å². The molecule has 5 rings (SSSR count). The third-order valence-electron chi connectivity index (χ3n) is 7.04. The Morgan fingerprint density at radius 2 is 1.74 bits per heavy atom. The molecular formula is C26H32N4O3S2. The van der Waals surface area contributed by atoms with Gasteiger partial charge in [0.1, 0.15) is 0 Å². The summed E-state index contributed by atoms with van der Waals surface area (Å²) in [6, 6.07) is 14.9. The van der Waals surface area contributed by atoms with Gasteiger partial charge in [0.15, 0.2) is 5.13 Å². The Bertz CT molecular complexity index is 1300. The zero-order valence-corrected chi connectivity index (χ0v) is 21.9. The van der Waals surface area contributed by atoms with Gasteiger partial charge in [0, 0.05) is 39.3 Å². The van der Waals surface area contributed by atoms with E-state index < -0.39 is 10.0 Å². The van der Waals surface area contributed by atoms with E-state index in [1.54, 1.807) is 41.7 Å². The molecule has 3 aromatic rings. The molecule has 0 aliphatic carbocycles. The van der Waals surface area contributed by atoms with Gasteiger partial charge in [-0.05, 0) is 42.5 Å². The zero-order chi connectivity index (χ0) is 24.6. The van der Waals surface area contributed by atoms with E-state index >= 15 is 0 Å². The number of para-hydroxylation sites is 1. The highest BCUT2D eigenvalue weighted by Gasteiger charge is 2.36. The summed E-state index contributed by atoms with van der Waals surface area (Å²) in [6.45, 7) is 7.84. The van der Waals surface area contributed by atoms with Crippen LogP contribution >= 0.6 is 11.3 Å². The van der Waals surface area contributed by atoms with Crippen LogP contribution in [0.2, 0.25) is 0 Å². The summed E-state index contributed by atoms with van der Waals surface area (Å²) in [4.78, 5) is 22.8. The van der Waals surface area contributed by atoms with Gasteiger partial charge in [-0.1, -0.05) is 55.5 Å². The minimum absolute atomic E-state index is 0.0732. The van der Waals surface area contributed by atoms with Gasteiger partial charge in [-0.25, -0.2) is 13.4 Å². The molecule has 1 atom stereocenters. The normalized spacial score (nSPS) is 20.0. The summed E-state index contributed by atoms with van der Waals surface area (Å²) in [6.07, 6.45) is 1.43. The molecule has 2 aliphatic heterocycles. The van der Waals surface area contributed by atoms with E-state index in [9.17, 15) is 13.2 Å². The standard InChI is InChI=1S/C26H32N4O3S2/c1-19(2)22-11-6-12-23-24(22)27-26(34-23)29-16-14-28(15-17-29)25(31)20-8-7-13-30(18-20)35(32,33)21-9-4-3-5-10-21/h3-6,9-12,19-20H,7-8,13-18H2,1-2H3. The molecular weight excluding hydrogens is 480 g/mol. The SMILES string of the molecule is CC(C)c1cccc2sc(N3CCN(C(=O)C4CCCN(S(=O)(=O)c5ccccc5)C4)CC3)nc12. The van der Waals surface area contributed by atoms with Crippen LogP contribution in [-0.4, -0.2) is 67.8 Å². The fourth-order valence-corrected chi connectivity index (χ4v) is 7.64. The number of piperazine rings is 1. The van der Waals surface area contributed by atoms with Gasteiger partial charge in [0.2, 0.25) is 15.9 Å². The molecule has 186 valence electrons. The number of rotatable bonds is 5. The highest BCUT2D eigenvalue weighted by Crippen LogP contribution is 2.34. The highest BCUT2D eigenvalue weighted by atomic mass is 32.2. The minimum Gasteiger partial charge on any atom is -0.345 e. The van der Waals surface area contributed by atoms with Gasteiger partial charge in [-0.15, -0.1) is 0 Å². The summed E-state index contributed by atoms with van der Waals surface area (Å²) < 4.78 is 28.8. The van der Waals surface area contributed by atoms with Gasteiger partial charge in [0.05, 0.1) is 21.0 Å². The zero-order valence-electron chi connectivity index (χ0n) is 20.3. The Morgan fingerprint density at radius 1 is 1.00 bits per heavy atom. The predicted octanol–water partition coefficient (Wildman–Crippen LogP) is 4.17. The van der Waals surface area contributed by atoms with Crippen LogP contribution in [0, 0.1) is 5.92 Å². The third-order valence-corrected chi connectivity index (χ3v) is 10.00. The lowest BCUT2D eigenvalue weighted by Gasteiger charge is -2.38. The van der Waals surface area contributed by atoms with Crippen LogP contribution in [0.15, 0.2) is 53.4 Å². The first kappa shape index (κ1) is 24.2. The Hall–Kier alpha value is -2.49. The number of carbonyl (C=O) groups is 1. The Labute approximate surface area is 211 Å². The summed E-state index contributed by atoms with van der Waals surface area (Å²) >= 11 is 1.71. The highest BCUT2D eigenvalue weighted by molar-refractivity contribution is 7.89. The van der Waals surface area contributed by atoms with Crippen molar-refractivity contribution in [3.8, 4) is 0 Å². The van der Waals surface area contributed by atoms with Crippen LogP contribution in [0.4, 0.5) is 5.13 Å². The smallest absolute Gasteiger partial charge is 0.243 e. The number of carbonyl (C=O) groups excluding carboxylic acids is 1. The van der Waals surface area contributed by atoms with Crippen molar-refractivity contribution in [1.82, 2.24) is 14.2 Å². The molecule has 35 heavy (non-hydrogen) atoms. The van der Waals surface area contributed by atoms with E-state index in [4.69, 9.17) is 4.98 Å². The summed E-state index contributed by atoms with van der Waals surface area (Å²) in [5.41, 5.74) is 2.36. The maximum absolute atomic E-state index is 13.3. The number of nitrogens with zero attached hydrogens (tertiary/aromatic N) is 4. The Kier molecular flexibility index (Phi) is 6.83. The van der Waals surface area contributed by atoms with Gasteiger partial charge in [-0.2, -0.15) is 4.31 Å². The molecule has 0 N–H and O–H groups in total. The van der Waals surface area contributed by atoms with Crippen LogP contribution in [0.1, 0.15) is 38.2 Å². The molecule has 2 aromatic carbocycles. The average Bonchev–Trinajstić information content (AvgIpc) is 3.33. The second-order valence-corrected chi connectivity index (χ2v) is 12.6. The first-order valence-corrected chi connectivity index (χ1v) is 14.6. The first-order valence-electron chi connectivity index (χ1n) is 12.3. The number of amides is 1. The van der Waals surface area contributed by atoms with Crippen LogP contribution in [-0.2, 0) is 14.8 Å². The molecule has 0 saturated carbocycles. The number of piperidine rings is 1. The topological polar surface area (TPSA) is 73.8 Å². The molecule has 0 radical (unpaired) electrons. The van der Waals surface area contributed by atoms with Crippen molar-refractivity contribution in [2.24, 2.45) is 5.92 Å².